The fraction of sp³-hybridized carbons (Fsp3) is 0.167. The number of hydrogen-bond donors (Lipinski definition) is 1. The van der Waals surface area contributed by atoms with E-state index in [0.29, 0.717) is 0 Å². The van der Waals surface area contributed by atoms with E-state index in [9.17, 15) is 0 Å². The van der Waals surface area contributed by atoms with Crippen molar-refractivity contribution in [1.82, 2.24) is 5.32 Å². The molecule has 0 saturated heterocycles. The van der Waals surface area contributed by atoms with Crippen LogP contribution in [0.1, 0.15) is 17.2 Å². The fourth-order valence-corrected chi connectivity index (χ4v) is 4.88. The Hall–Kier alpha value is 0.130. The first-order valence-corrected chi connectivity index (χ1v) is 7.78. The van der Waals surface area contributed by atoms with Gasteiger partial charge in [0, 0.05) is 5.02 Å². The van der Waals surface area contributed by atoms with Crippen molar-refractivity contribution >= 4 is 54.8 Å². The van der Waals surface area contributed by atoms with Gasteiger partial charge >= 0.3 is 0 Å². The summed E-state index contributed by atoms with van der Waals surface area (Å²) < 4.78 is 2.22. The van der Waals surface area contributed by atoms with E-state index >= 15 is 0 Å². The third-order valence-corrected chi connectivity index (χ3v) is 5.23. The SMILES string of the molecule is CNC(c1ccccc1Cl)c1cc(Br)sc1Br. The van der Waals surface area contributed by atoms with Crippen LogP contribution in [0.15, 0.2) is 37.9 Å². The number of benzene rings is 1. The molecule has 1 heterocycles. The van der Waals surface area contributed by atoms with Crippen molar-refractivity contribution in [1.29, 1.82) is 0 Å². The zero-order chi connectivity index (χ0) is 12.4. The summed E-state index contributed by atoms with van der Waals surface area (Å²) in [5.74, 6) is 0. The minimum absolute atomic E-state index is 0.0978. The minimum Gasteiger partial charge on any atom is -0.309 e. The van der Waals surface area contributed by atoms with Crippen LogP contribution in [-0.2, 0) is 0 Å². The number of thiophene rings is 1. The van der Waals surface area contributed by atoms with Gasteiger partial charge in [0.05, 0.1) is 13.6 Å². The fourth-order valence-electron chi connectivity index (χ4n) is 1.74. The highest BCUT2D eigenvalue weighted by atomic mass is 79.9. The quantitative estimate of drug-likeness (QED) is 0.750. The van der Waals surface area contributed by atoms with Crippen LogP contribution in [0.3, 0.4) is 0 Å². The monoisotopic (exact) mass is 393 g/mol. The summed E-state index contributed by atoms with van der Waals surface area (Å²) in [6.07, 6.45) is 0. The summed E-state index contributed by atoms with van der Waals surface area (Å²) in [5, 5.41) is 4.08. The summed E-state index contributed by atoms with van der Waals surface area (Å²) in [6, 6.07) is 10.1. The molecule has 1 aromatic carbocycles. The molecular formula is C12H10Br2ClNS. The first-order valence-electron chi connectivity index (χ1n) is 5.00. The van der Waals surface area contributed by atoms with Gasteiger partial charge in [0.15, 0.2) is 0 Å². The average molecular weight is 396 g/mol. The van der Waals surface area contributed by atoms with Crippen molar-refractivity contribution in [2.45, 2.75) is 6.04 Å². The lowest BCUT2D eigenvalue weighted by Crippen LogP contribution is -2.17. The summed E-state index contributed by atoms with van der Waals surface area (Å²) in [7, 11) is 1.94. The maximum atomic E-state index is 6.24. The molecule has 1 N–H and O–H groups in total. The number of hydrogen-bond acceptors (Lipinski definition) is 2. The highest BCUT2D eigenvalue weighted by molar-refractivity contribution is 9.12. The molecule has 0 spiro atoms. The number of nitrogens with one attached hydrogen (secondary N) is 1. The molecule has 0 fully saturated rings. The van der Waals surface area contributed by atoms with Crippen LogP contribution in [0.4, 0.5) is 0 Å². The van der Waals surface area contributed by atoms with Crippen LogP contribution in [0.2, 0.25) is 5.02 Å². The maximum absolute atomic E-state index is 6.24. The van der Waals surface area contributed by atoms with Crippen molar-refractivity contribution in [2.24, 2.45) is 0 Å². The molecule has 0 radical (unpaired) electrons. The molecule has 0 aliphatic carbocycles. The van der Waals surface area contributed by atoms with Crippen LogP contribution in [0, 0.1) is 0 Å². The van der Waals surface area contributed by atoms with E-state index in [-0.39, 0.29) is 6.04 Å². The van der Waals surface area contributed by atoms with E-state index in [4.69, 9.17) is 11.6 Å². The lowest BCUT2D eigenvalue weighted by molar-refractivity contribution is 0.692. The van der Waals surface area contributed by atoms with E-state index in [1.807, 2.05) is 31.3 Å². The van der Waals surface area contributed by atoms with Gasteiger partial charge in [-0.1, -0.05) is 29.8 Å². The van der Waals surface area contributed by atoms with Crippen LogP contribution in [0.5, 0.6) is 0 Å². The van der Waals surface area contributed by atoms with Gasteiger partial charge in [-0.05, 0) is 62.2 Å². The van der Waals surface area contributed by atoms with Gasteiger partial charge in [0.25, 0.3) is 0 Å². The molecule has 2 rings (SSSR count). The normalized spacial score (nSPS) is 12.7. The number of halogens is 3. The summed E-state index contributed by atoms with van der Waals surface area (Å²) >= 11 is 15.0. The van der Waals surface area contributed by atoms with Crippen LogP contribution in [0.25, 0.3) is 0 Å². The zero-order valence-electron chi connectivity index (χ0n) is 9.01. The molecule has 2 aromatic rings. The van der Waals surface area contributed by atoms with E-state index in [1.54, 1.807) is 11.3 Å². The van der Waals surface area contributed by atoms with Gasteiger partial charge in [-0.3, -0.25) is 0 Å². The molecular weight excluding hydrogens is 385 g/mol. The Kier molecular flexibility index (Phi) is 4.66. The van der Waals surface area contributed by atoms with Gasteiger partial charge in [-0.15, -0.1) is 11.3 Å². The first-order chi connectivity index (χ1) is 8.13. The molecule has 0 aliphatic heterocycles. The largest absolute Gasteiger partial charge is 0.309 e. The van der Waals surface area contributed by atoms with Crippen molar-refractivity contribution in [3.8, 4) is 0 Å². The van der Waals surface area contributed by atoms with Crippen LogP contribution >= 0.6 is 54.8 Å². The first kappa shape index (κ1) is 13.6. The second-order valence-electron chi connectivity index (χ2n) is 3.52. The molecule has 1 unspecified atom stereocenters. The molecule has 17 heavy (non-hydrogen) atoms. The van der Waals surface area contributed by atoms with Gasteiger partial charge < -0.3 is 5.32 Å². The molecule has 90 valence electrons. The Bertz CT molecular complexity index is 527. The molecule has 0 aliphatic rings. The standard InChI is InChI=1S/C12H10Br2ClNS/c1-16-11(7-4-2-3-5-9(7)15)8-6-10(13)17-12(8)14/h2-6,11,16H,1H3. The van der Waals surface area contributed by atoms with Gasteiger partial charge in [-0.2, -0.15) is 0 Å². The van der Waals surface area contributed by atoms with E-state index in [2.05, 4.69) is 43.2 Å². The van der Waals surface area contributed by atoms with Crippen molar-refractivity contribution < 1.29 is 0 Å². The third kappa shape index (κ3) is 2.93. The van der Waals surface area contributed by atoms with Gasteiger partial charge in [-0.25, -0.2) is 0 Å². The lowest BCUT2D eigenvalue weighted by atomic mass is 10.0. The highest BCUT2D eigenvalue weighted by Crippen LogP contribution is 2.39. The molecule has 0 saturated carbocycles. The third-order valence-electron chi connectivity index (χ3n) is 2.50. The minimum atomic E-state index is 0.0978. The lowest BCUT2D eigenvalue weighted by Gasteiger charge is -2.17. The van der Waals surface area contributed by atoms with Crippen molar-refractivity contribution in [3.05, 3.63) is 54.1 Å². The second-order valence-corrected chi connectivity index (χ2v) is 7.68. The van der Waals surface area contributed by atoms with E-state index in [0.717, 1.165) is 18.2 Å². The predicted octanol–water partition coefficient (Wildman–Crippen LogP) is 5.24. The highest BCUT2D eigenvalue weighted by Gasteiger charge is 2.19. The zero-order valence-corrected chi connectivity index (χ0v) is 13.8. The Balaban J connectivity index is 2.47. The number of rotatable bonds is 3. The molecule has 5 heteroatoms. The van der Waals surface area contributed by atoms with E-state index < -0.39 is 0 Å². The Morgan fingerprint density at radius 3 is 2.47 bits per heavy atom. The summed E-state index contributed by atoms with van der Waals surface area (Å²) in [4.78, 5) is 0. The van der Waals surface area contributed by atoms with Crippen LogP contribution < -0.4 is 5.32 Å². The maximum Gasteiger partial charge on any atom is 0.0761 e. The average Bonchev–Trinajstić information content (AvgIpc) is 2.62. The Labute approximate surface area is 126 Å². The summed E-state index contributed by atoms with van der Waals surface area (Å²) in [5.41, 5.74) is 2.28. The molecule has 1 aromatic heterocycles. The topological polar surface area (TPSA) is 12.0 Å². The molecule has 1 nitrogen and oxygen atoms in total. The van der Waals surface area contributed by atoms with Crippen LogP contribution in [-0.4, -0.2) is 7.05 Å². The van der Waals surface area contributed by atoms with Gasteiger partial charge in [0.1, 0.15) is 0 Å². The Morgan fingerprint density at radius 1 is 1.24 bits per heavy atom. The Morgan fingerprint density at radius 2 is 1.94 bits per heavy atom. The second kappa shape index (κ2) is 5.85. The molecule has 0 bridgehead atoms. The van der Waals surface area contributed by atoms with Gasteiger partial charge in [0.2, 0.25) is 0 Å². The molecule has 0 amide bonds. The van der Waals surface area contributed by atoms with Crippen molar-refractivity contribution in [3.63, 3.8) is 0 Å². The predicted molar refractivity (Wildman–Crippen MR) is 82.1 cm³/mol. The smallest absolute Gasteiger partial charge is 0.0761 e. The van der Waals surface area contributed by atoms with Crippen molar-refractivity contribution in [2.75, 3.05) is 7.05 Å². The van der Waals surface area contributed by atoms with E-state index in [1.165, 1.54) is 5.56 Å². The molecule has 1 atom stereocenters. The summed E-state index contributed by atoms with van der Waals surface area (Å²) in [6.45, 7) is 0.